The first-order valence-corrected chi connectivity index (χ1v) is 10.9. The third-order valence-corrected chi connectivity index (χ3v) is 5.35. The van der Waals surface area contributed by atoms with Crippen molar-refractivity contribution in [3.8, 4) is 5.75 Å². The maximum Gasteiger partial charge on any atom is 0.123 e. The molecule has 0 amide bonds. The summed E-state index contributed by atoms with van der Waals surface area (Å²) in [5.74, 6) is 0.812. The standard InChI is InChI=1S/C29H28O3/c30-26(21-31-20-23-12-4-1-5-13-23)22-32-28-19-11-10-18-27(28)29(24-14-6-2-7-15-24)25-16-8-3-9-17-25/h1-19,26,29-30H,20-22H2. The van der Waals surface area contributed by atoms with Gasteiger partial charge in [-0.2, -0.15) is 0 Å². The van der Waals surface area contributed by atoms with Crippen molar-refractivity contribution in [3.63, 3.8) is 0 Å². The van der Waals surface area contributed by atoms with E-state index >= 15 is 0 Å². The fraction of sp³-hybridized carbons (Fsp3) is 0.172. The first-order valence-electron chi connectivity index (χ1n) is 10.9. The van der Waals surface area contributed by atoms with Gasteiger partial charge in [-0.3, -0.25) is 0 Å². The first-order chi connectivity index (χ1) is 15.8. The van der Waals surface area contributed by atoms with E-state index in [4.69, 9.17) is 9.47 Å². The Morgan fingerprint density at radius 3 is 1.75 bits per heavy atom. The van der Waals surface area contributed by atoms with Crippen LogP contribution in [-0.2, 0) is 11.3 Å². The predicted molar refractivity (Wildman–Crippen MR) is 128 cm³/mol. The van der Waals surface area contributed by atoms with E-state index in [1.54, 1.807) is 0 Å². The second kappa shape index (κ2) is 11.3. The topological polar surface area (TPSA) is 38.7 Å². The summed E-state index contributed by atoms with van der Waals surface area (Å²) in [6.07, 6.45) is -0.710. The highest BCUT2D eigenvalue weighted by atomic mass is 16.5. The molecule has 0 spiro atoms. The molecule has 3 nitrogen and oxygen atoms in total. The predicted octanol–water partition coefficient (Wildman–Crippen LogP) is 5.82. The Balaban J connectivity index is 1.46. The monoisotopic (exact) mass is 424 g/mol. The molecular formula is C29H28O3. The van der Waals surface area contributed by atoms with E-state index in [-0.39, 0.29) is 19.1 Å². The molecule has 0 aliphatic carbocycles. The molecular weight excluding hydrogens is 396 g/mol. The lowest BCUT2D eigenvalue weighted by Gasteiger charge is -2.22. The Labute approximate surface area is 189 Å². The highest BCUT2D eigenvalue weighted by molar-refractivity contribution is 5.49. The van der Waals surface area contributed by atoms with Crippen LogP contribution in [0.25, 0.3) is 0 Å². The van der Waals surface area contributed by atoms with Crippen LogP contribution >= 0.6 is 0 Å². The molecule has 0 aliphatic rings. The molecule has 0 aliphatic heterocycles. The lowest BCUT2D eigenvalue weighted by molar-refractivity contribution is 0.00532. The summed E-state index contributed by atoms with van der Waals surface area (Å²) in [6.45, 7) is 0.860. The molecule has 0 bridgehead atoms. The molecule has 3 heteroatoms. The minimum Gasteiger partial charge on any atom is -0.490 e. The molecule has 4 aromatic rings. The number of hydrogen-bond donors (Lipinski definition) is 1. The van der Waals surface area contributed by atoms with E-state index in [0.717, 1.165) is 16.9 Å². The highest BCUT2D eigenvalue weighted by Gasteiger charge is 2.20. The molecule has 4 aromatic carbocycles. The van der Waals surface area contributed by atoms with Gasteiger partial charge in [0, 0.05) is 11.5 Å². The van der Waals surface area contributed by atoms with Crippen LogP contribution in [0.4, 0.5) is 0 Å². The molecule has 0 fully saturated rings. The number of ether oxygens (including phenoxy) is 2. The molecule has 0 radical (unpaired) electrons. The van der Waals surface area contributed by atoms with E-state index in [1.807, 2.05) is 60.7 Å². The summed E-state index contributed by atoms with van der Waals surface area (Å²) < 4.78 is 11.8. The van der Waals surface area contributed by atoms with E-state index < -0.39 is 6.10 Å². The maximum absolute atomic E-state index is 10.4. The van der Waals surface area contributed by atoms with Crippen molar-refractivity contribution in [1.82, 2.24) is 0 Å². The Morgan fingerprint density at radius 2 is 1.12 bits per heavy atom. The van der Waals surface area contributed by atoms with E-state index in [1.165, 1.54) is 11.1 Å². The average Bonchev–Trinajstić information content (AvgIpc) is 2.86. The summed E-state index contributed by atoms with van der Waals surface area (Å²) in [7, 11) is 0. The first kappa shape index (κ1) is 21.8. The number of para-hydroxylation sites is 1. The second-order valence-corrected chi connectivity index (χ2v) is 7.76. The molecule has 0 heterocycles. The van der Waals surface area contributed by atoms with Gasteiger partial charge in [0.25, 0.3) is 0 Å². The van der Waals surface area contributed by atoms with Gasteiger partial charge in [0.15, 0.2) is 0 Å². The molecule has 0 aromatic heterocycles. The van der Waals surface area contributed by atoms with Gasteiger partial charge in [-0.25, -0.2) is 0 Å². The van der Waals surface area contributed by atoms with Crippen LogP contribution < -0.4 is 4.74 Å². The molecule has 1 atom stereocenters. The number of aliphatic hydroxyl groups is 1. The number of hydrogen-bond acceptors (Lipinski definition) is 3. The van der Waals surface area contributed by atoms with Crippen molar-refractivity contribution < 1.29 is 14.6 Å². The van der Waals surface area contributed by atoms with Crippen LogP contribution in [0, 0.1) is 0 Å². The van der Waals surface area contributed by atoms with Gasteiger partial charge in [0.2, 0.25) is 0 Å². The van der Waals surface area contributed by atoms with Crippen molar-refractivity contribution in [1.29, 1.82) is 0 Å². The second-order valence-electron chi connectivity index (χ2n) is 7.76. The number of benzene rings is 4. The highest BCUT2D eigenvalue weighted by Crippen LogP contribution is 2.37. The van der Waals surface area contributed by atoms with Gasteiger partial charge in [0.05, 0.1) is 13.2 Å². The lowest BCUT2D eigenvalue weighted by atomic mass is 9.85. The van der Waals surface area contributed by atoms with Gasteiger partial charge in [-0.1, -0.05) is 109 Å². The van der Waals surface area contributed by atoms with Gasteiger partial charge >= 0.3 is 0 Å². The average molecular weight is 425 g/mol. The molecule has 1 N–H and O–H groups in total. The minimum absolute atomic E-state index is 0.0417. The van der Waals surface area contributed by atoms with Crippen LogP contribution in [0.5, 0.6) is 5.75 Å². The van der Waals surface area contributed by atoms with Crippen molar-refractivity contribution in [2.75, 3.05) is 13.2 Å². The summed E-state index contributed by atoms with van der Waals surface area (Å²) >= 11 is 0. The zero-order valence-corrected chi connectivity index (χ0v) is 18.0. The van der Waals surface area contributed by atoms with Crippen LogP contribution in [0.1, 0.15) is 28.2 Å². The third kappa shape index (κ3) is 5.85. The maximum atomic E-state index is 10.4. The van der Waals surface area contributed by atoms with Crippen molar-refractivity contribution in [2.24, 2.45) is 0 Å². The Hall–Kier alpha value is -3.40. The van der Waals surface area contributed by atoms with Crippen LogP contribution in [0.2, 0.25) is 0 Å². The van der Waals surface area contributed by atoms with Crippen LogP contribution in [0.3, 0.4) is 0 Å². The lowest BCUT2D eigenvalue weighted by Crippen LogP contribution is -2.24. The van der Waals surface area contributed by atoms with Crippen molar-refractivity contribution >= 4 is 0 Å². The Morgan fingerprint density at radius 1 is 0.594 bits per heavy atom. The Bertz CT molecular complexity index is 1030. The SMILES string of the molecule is OC(COCc1ccccc1)COc1ccccc1C(c1ccccc1)c1ccccc1. The molecule has 4 rings (SSSR count). The third-order valence-electron chi connectivity index (χ3n) is 5.35. The number of aliphatic hydroxyl groups excluding tert-OH is 1. The zero-order chi connectivity index (χ0) is 22.0. The summed E-state index contributed by atoms with van der Waals surface area (Å²) in [5.41, 5.74) is 4.55. The molecule has 32 heavy (non-hydrogen) atoms. The van der Waals surface area contributed by atoms with E-state index in [0.29, 0.717) is 6.61 Å². The molecule has 1 unspecified atom stereocenters. The van der Waals surface area contributed by atoms with E-state index in [9.17, 15) is 5.11 Å². The Kier molecular flexibility index (Phi) is 7.69. The zero-order valence-electron chi connectivity index (χ0n) is 18.0. The fourth-order valence-corrected chi connectivity index (χ4v) is 3.81. The summed E-state index contributed by atoms with van der Waals surface area (Å²) in [5, 5.41) is 10.4. The molecule has 162 valence electrons. The normalized spacial score (nSPS) is 11.9. The number of rotatable bonds is 10. The van der Waals surface area contributed by atoms with Gasteiger partial charge in [-0.05, 0) is 22.8 Å². The van der Waals surface area contributed by atoms with Crippen LogP contribution in [0.15, 0.2) is 115 Å². The molecule has 0 saturated heterocycles. The van der Waals surface area contributed by atoms with Gasteiger partial charge in [0.1, 0.15) is 18.5 Å². The van der Waals surface area contributed by atoms with Crippen LogP contribution in [-0.4, -0.2) is 24.4 Å². The van der Waals surface area contributed by atoms with Crippen molar-refractivity contribution in [2.45, 2.75) is 18.6 Å². The molecule has 0 saturated carbocycles. The largest absolute Gasteiger partial charge is 0.490 e. The van der Waals surface area contributed by atoms with Gasteiger partial charge in [-0.15, -0.1) is 0 Å². The van der Waals surface area contributed by atoms with Gasteiger partial charge < -0.3 is 14.6 Å². The smallest absolute Gasteiger partial charge is 0.123 e. The fourth-order valence-electron chi connectivity index (χ4n) is 3.81. The quantitative estimate of drug-likeness (QED) is 0.326. The summed E-state index contributed by atoms with van der Waals surface area (Å²) in [4.78, 5) is 0. The van der Waals surface area contributed by atoms with E-state index in [2.05, 4.69) is 54.6 Å². The summed E-state index contributed by atoms with van der Waals surface area (Å²) in [6, 6.07) is 38.8. The minimum atomic E-state index is -0.710. The van der Waals surface area contributed by atoms with Crippen molar-refractivity contribution in [3.05, 3.63) is 138 Å².